The van der Waals surface area contributed by atoms with Gasteiger partial charge in [0.1, 0.15) is 23.0 Å². The molecule has 0 bridgehead atoms. The fraction of sp³-hybridized carbons (Fsp3) is 0.245. The van der Waals surface area contributed by atoms with E-state index in [2.05, 4.69) is 0 Å². The Morgan fingerprint density at radius 2 is 1.05 bits per heavy atom. The topological polar surface area (TPSA) is 141 Å². The quantitative estimate of drug-likeness (QED) is 0.0557. The van der Waals surface area contributed by atoms with Crippen molar-refractivity contribution in [3.05, 3.63) is 140 Å². The van der Waals surface area contributed by atoms with Crippen LogP contribution in [0, 0.1) is 33.2 Å². The van der Waals surface area contributed by atoms with E-state index in [1.807, 2.05) is 120 Å². The minimum absolute atomic E-state index is 0.0355. The first kappa shape index (κ1) is 44.3. The van der Waals surface area contributed by atoms with Gasteiger partial charge in [-0.05, 0) is 131 Å². The number of benzene rings is 5. The zero-order chi connectivity index (χ0) is 46.4. The second-order valence-electron chi connectivity index (χ2n) is 16.7. The Labute approximate surface area is 396 Å². The lowest BCUT2D eigenvalue weighted by atomic mass is 9.57. The summed E-state index contributed by atoms with van der Waals surface area (Å²) in [6.07, 6.45) is 10.2. The lowest BCUT2D eigenvalue weighted by Gasteiger charge is -2.44. The summed E-state index contributed by atoms with van der Waals surface area (Å²) in [7, 11) is 7.87. The Kier molecular flexibility index (Phi) is 12.2. The molecule has 336 valence electrons. The van der Waals surface area contributed by atoms with Crippen LogP contribution in [0.1, 0.15) is 46.6 Å². The first-order valence-corrected chi connectivity index (χ1v) is 22.6. The minimum atomic E-state index is -0.803. The third-order valence-electron chi connectivity index (χ3n) is 13.4. The van der Waals surface area contributed by atoms with Gasteiger partial charge in [-0.15, -0.1) is 0 Å². The molecule has 3 fully saturated rings. The number of allylic oxidation sites excluding steroid dienone is 2. The molecule has 2 aliphatic heterocycles. The summed E-state index contributed by atoms with van der Waals surface area (Å²) in [6, 6.07) is 29.0. The van der Waals surface area contributed by atoms with Gasteiger partial charge < -0.3 is 28.8 Å². The first-order valence-electron chi connectivity index (χ1n) is 21.5. The summed E-state index contributed by atoms with van der Waals surface area (Å²) >= 11 is 2.03. The number of carbonyl (C=O) groups is 4. The molecule has 12 nitrogen and oxygen atoms in total. The van der Waals surface area contributed by atoms with Crippen LogP contribution in [0.15, 0.2) is 109 Å². The van der Waals surface area contributed by atoms with Gasteiger partial charge in [-0.3, -0.25) is 29.0 Å². The average molecular weight is 999 g/mol. The van der Waals surface area contributed by atoms with Gasteiger partial charge in [0, 0.05) is 17.0 Å². The second kappa shape index (κ2) is 18.2. The maximum Gasteiger partial charge on any atom is 0.238 e. The Balaban J connectivity index is 1.02. The van der Waals surface area contributed by atoms with Gasteiger partial charge in [0.2, 0.25) is 23.6 Å². The largest absolute Gasteiger partial charge is 0.504 e. The van der Waals surface area contributed by atoms with E-state index in [0.29, 0.717) is 49.9 Å². The normalized spacial score (nSPS) is 22.4. The molecule has 13 heteroatoms. The highest BCUT2D eigenvalue weighted by atomic mass is 127. The van der Waals surface area contributed by atoms with Gasteiger partial charge in [-0.2, -0.15) is 0 Å². The fourth-order valence-electron chi connectivity index (χ4n) is 10.2. The van der Waals surface area contributed by atoms with Crippen LogP contribution < -0.4 is 33.5 Å². The van der Waals surface area contributed by atoms with Crippen LogP contribution in [-0.4, -0.2) is 64.3 Å². The molecule has 2 aliphatic carbocycles. The molecule has 66 heavy (non-hydrogen) atoms. The molecule has 1 N–H and O–H groups in total. The van der Waals surface area contributed by atoms with Crippen LogP contribution >= 0.6 is 22.6 Å². The van der Waals surface area contributed by atoms with Crippen molar-refractivity contribution in [3.8, 4) is 34.5 Å². The molecule has 5 aromatic rings. The zero-order valence-corrected chi connectivity index (χ0v) is 39.1. The maximum absolute atomic E-state index is 14.8. The number of phenols is 1. The number of halogens is 1. The van der Waals surface area contributed by atoms with Crippen molar-refractivity contribution in [2.75, 3.05) is 45.3 Å². The first-order chi connectivity index (χ1) is 32.0. The maximum atomic E-state index is 14.8. The molecule has 4 amide bonds. The van der Waals surface area contributed by atoms with Gasteiger partial charge in [-0.25, -0.2) is 0 Å². The number of fused-ring (bicyclic) bond motifs is 4. The number of phenolic OH excluding ortho intramolecular Hbond substituents is 1. The zero-order valence-electron chi connectivity index (χ0n) is 36.9. The highest BCUT2D eigenvalue weighted by Gasteiger charge is 2.62. The standard InChI is InChI=1S/C53H47IN2O10/c1-62-36-18-22-43(64-3)31(24-36)12-6-29-8-14-34(15-9-29)55-50(58)39-21-20-38-40(47(39)52(55)60)28-41-48(46(38)33-26-42(54)49(57)45(27-33)66-5)53(61)56(51(41)59)35-16-10-30(11-17-35)7-13-32-25-37(63-2)19-23-44(32)65-4/h6-20,22-27,39-41,46-48,57H,21,28H2,1-5H3. The summed E-state index contributed by atoms with van der Waals surface area (Å²) in [5.74, 6) is -2.51. The van der Waals surface area contributed by atoms with E-state index in [1.165, 1.54) is 16.9 Å². The molecule has 4 aliphatic rings. The van der Waals surface area contributed by atoms with Crippen LogP contribution in [0.5, 0.6) is 34.5 Å². The van der Waals surface area contributed by atoms with E-state index in [1.54, 1.807) is 58.8 Å². The molecule has 0 radical (unpaired) electrons. The smallest absolute Gasteiger partial charge is 0.238 e. The van der Waals surface area contributed by atoms with Crippen LogP contribution in [0.3, 0.4) is 0 Å². The fourth-order valence-corrected chi connectivity index (χ4v) is 10.8. The van der Waals surface area contributed by atoms with Gasteiger partial charge in [0.15, 0.2) is 11.5 Å². The number of hydrogen-bond acceptors (Lipinski definition) is 10. The van der Waals surface area contributed by atoms with E-state index in [4.69, 9.17) is 23.7 Å². The predicted octanol–water partition coefficient (Wildman–Crippen LogP) is 9.43. The third kappa shape index (κ3) is 7.78. The SMILES string of the molecule is COc1ccc(OC)c(C=Cc2ccc(N3C(=O)C4CC=C5C(CC6C(=O)N(c7ccc(C=Cc8cc(OC)ccc8OC)cc7)C(=O)C6C5c5cc(I)c(O)c(OC)c5)C4C3=O)cc2)c1. The number of rotatable bonds is 12. The molecule has 0 spiro atoms. The molecule has 0 aromatic heterocycles. The molecule has 6 atom stereocenters. The summed E-state index contributed by atoms with van der Waals surface area (Å²) in [5.41, 5.74) is 5.73. The highest BCUT2D eigenvalue weighted by molar-refractivity contribution is 14.1. The number of imide groups is 2. The van der Waals surface area contributed by atoms with Crippen LogP contribution in [0.2, 0.25) is 0 Å². The van der Waals surface area contributed by atoms with Crippen LogP contribution in [-0.2, 0) is 19.2 Å². The van der Waals surface area contributed by atoms with E-state index in [9.17, 15) is 24.3 Å². The van der Waals surface area contributed by atoms with Crippen molar-refractivity contribution in [1.82, 2.24) is 0 Å². The molecular formula is C53H47IN2O10. The summed E-state index contributed by atoms with van der Waals surface area (Å²) < 4.78 is 27.9. The van der Waals surface area contributed by atoms with E-state index in [0.717, 1.165) is 27.8 Å². The van der Waals surface area contributed by atoms with Crippen molar-refractivity contribution in [2.45, 2.75) is 18.8 Å². The Hall–Kier alpha value is -6.87. The number of ether oxygens (including phenoxy) is 5. The number of anilines is 2. The Bertz CT molecular complexity index is 2850. The number of methoxy groups -OCH3 is 5. The predicted molar refractivity (Wildman–Crippen MR) is 260 cm³/mol. The Morgan fingerprint density at radius 1 is 0.545 bits per heavy atom. The van der Waals surface area contributed by atoms with Crippen LogP contribution in [0.25, 0.3) is 24.3 Å². The number of nitrogens with zero attached hydrogens (tertiary/aromatic N) is 2. The van der Waals surface area contributed by atoms with Gasteiger partial charge in [0.25, 0.3) is 0 Å². The second-order valence-corrected chi connectivity index (χ2v) is 17.8. The molecule has 6 unspecified atom stereocenters. The third-order valence-corrected chi connectivity index (χ3v) is 14.2. The van der Waals surface area contributed by atoms with Crippen molar-refractivity contribution < 1.29 is 48.0 Å². The highest BCUT2D eigenvalue weighted by Crippen LogP contribution is 2.59. The van der Waals surface area contributed by atoms with E-state index >= 15 is 0 Å². The number of aromatic hydroxyl groups is 1. The van der Waals surface area contributed by atoms with Crippen molar-refractivity contribution >= 4 is 81.9 Å². The van der Waals surface area contributed by atoms with E-state index in [-0.39, 0.29) is 41.5 Å². The summed E-state index contributed by atoms with van der Waals surface area (Å²) in [4.78, 5) is 61.2. The summed E-state index contributed by atoms with van der Waals surface area (Å²) in [5, 5.41) is 10.9. The molecule has 1 saturated carbocycles. The van der Waals surface area contributed by atoms with Gasteiger partial charge >= 0.3 is 0 Å². The van der Waals surface area contributed by atoms with E-state index < -0.39 is 35.5 Å². The average Bonchev–Trinajstić information content (AvgIpc) is 3.75. The monoisotopic (exact) mass is 998 g/mol. The lowest BCUT2D eigenvalue weighted by Crippen LogP contribution is -2.43. The van der Waals surface area contributed by atoms with Crippen molar-refractivity contribution in [1.29, 1.82) is 0 Å². The molecule has 5 aromatic carbocycles. The van der Waals surface area contributed by atoms with Crippen LogP contribution in [0.4, 0.5) is 11.4 Å². The number of hydrogen-bond donors (Lipinski definition) is 1. The van der Waals surface area contributed by atoms with Crippen molar-refractivity contribution in [2.24, 2.45) is 29.6 Å². The summed E-state index contributed by atoms with van der Waals surface area (Å²) in [6.45, 7) is 0. The number of carbonyl (C=O) groups excluding carboxylic acids is 4. The van der Waals surface area contributed by atoms with Crippen molar-refractivity contribution in [3.63, 3.8) is 0 Å². The molecule has 2 saturated heterocycles. The molecule has 2 heterocycles. The number of amides is 4. The Morgan fingerprint density at radius 3 is 1.55 bits per heavy atom. The lowest BCUT2D eigenvalue weighted by molar-refractivity contribution is -0.126. The minimum Gasteiger partial charge on any atom is -0.504 e. The molecular weight excluding hydrogens is 951 g/mol. The van der Waals surface area contributed by atoms with Gasteiger partial charge in [0.05, 0.1) is 74.2 Å². The van der Waals surface area contributed by atoms with Gasteiger partial charge in [-0.1, -0.05) is 60.2 Å². The molecule has 9 rings (SSSR count).